The Morgan fingerprint density at radius 2 is 2.00 bits per heavy atom. The SMILES string of the molecule is CCC1CCN(CCCc2ccccc2)C1=O.O. The first kappa shape index (κ1) is 14.7. The van der Waals surface area contributed by atoms with Crippen LogP contribution in [0.5, 0.6) is 0 Å². The van der Waals surface area contributed by atoms with Gasteiger partial charge in [-0.2, -0.15) is 0 Å². The van der Waals surface area contributed by atoms with Gasteiger partial charge in [-0.3, -0.25) is 4.79 Å². The fourth-order valence-electron chi connectivity index (χ4n) is 2.52. The second-order valence-corrected chi connectivity index (χ2v) is 4.81. The number of benzene rings is 1. The number of hydrogen-bond acceptors (Lipinski definition) is 1. The molecule has 1 aliphatic heterocycles. The standard InChI is InChI=1S/C15H21NO.H2O/c1-2-14-10-12-16(15(14)17)11-6-9-13-7-4-3-5-8-13;/h3-5,7-8,14H,2,6,9-12H2,1H3;1H2. The van der Waals surface area contributed by atoms with Gasteiger partial charge in [-0.05, 0) is 31.2 Å². The Labute approximate surface area is 109 Å². The van der Waals surface area contributed by atoms with Crippen molar-refractivity contribution in [2.24, 2.45) is 5.92 Å². The van der Waals surface area contributed by atoms with Crippen LogP contribution in [0.4, 0.5) is 0 Å². The van der Waals surface area contributed by atoms with Crippen molar-refractivity contribution in [3.63, 3.8) is 0 Å². The molecular formula is C15H23NO2. The van der Waals surface area contributed by atoms with Crippen LogP contribution in [0.3, 0.4) is 0 Å². The summed E-state index contributed by atoms with van der Waals surface area (Å²) >= 11 is 0. The van der Waals surface area contributed by atoms with Gasteiger partial charge in [0, 0.05) is 19.0 Å². The van der Waals surface area contributed by atoms with Gasteiger partial charge < -0.3 is 10.4 Å². The quantitative estimate of drug-likeness (QED) is 0.788. The van der Waals surface area contributed by atoms with E-state index in [9.17, 15) is 4.79 Å². The highest BCUT2D eigenvalue weighted by atomic mass is 16.2. The van der Waals surface area contributed by atoms with Gasteiger partial charge in [-0.1, -0.05) is 37.3 Å². The Morgan fingerprint density at radius 1 is 1.28 bits per heavy atom. The largest absolute Gasteiger partial charge is 0.412 e. The second kappa shape index (κ2) is 7.17. The molecule has 2 N–H and O–H groups in total. The minimum Gasteiger partial charge on any atom is -0.412 e. The molecule has 1 aromatic carbocycles. The van der Waals surface area contributed by atoms with Crippen molar-refractivity contribution in [2.45, 2.75) is 32.6 Å². The lowest BCUT2D eigenvalue weighted by Gasteiger charge is -2.16. The van der Waals surface area contributed by atoms with Gasteiger partial charge >= 0.3 is 0 Å². The van der Waals surface area contributed by atoms with Gasteiger partial charge in [0.1, 0.15) is 0 Å². The average Bonchev–Trinajstić information content (AvgIpc) is 2.72. The van der Waals surface area contributed by atoms with E-state index in [0.717, 1.165) is 38.8 Å². The van der Waals surface area contributed by atoms with Gasteiger partial charge in [0.25, 0.3) is 0 Å². The Balaban J connectivity index is 0.00000162. The molecule has 18 heavy (non-hydrogen) atoms. The van der Waals surface area contributed by atoms with E-state index in [-0.39, 0.29) is 5.48 Å². The summed E-state index contributed by atoms with van der Waals surface area (Å²) in [7, 11) is 0. The van der Waals surface area contributed by atoms with Gasteiger partial charge in [-0.25, -0.2) is 0 Å². The van der Waals surface area contributed by atoms with Crippen LogP contribution in [0, 0.1) is 5.92 Å². The summed E-state index contributed by atoms with van der Waals surface area (Å²) in [5.41, 5.74) is 1.37. The number of hydrogen-bond donors (Lipinski definition) is 0. The van der Waals surface area contributed by atoms with E-state index in [4.69, 9.17) is 0 Å². The topological polar surface area (TPSA) is 51.8 Å². The summed E-state index contributed by atoms with van der Waals surface area (Å²) < 4.78 is 0. The molecule has 1 amide bonds. The van der Waals surface area contributed by atoms with Crippen molar-refractivity contribution < 1.29 is 10.3 Å². The molecule has 1 heterocycles. The third-order valence-electron chi connectivity index (χ3n) is 3.64. The zero-order valence-corrected chi connectivity index (χ0v) is 11.1. The van der Waals surface area contributed by atoms with Crippen LogP contribution in [0.1, 0.15) is 31.7 Å². The molecule has 3 heteroatoms. The van der Waals surface area contributed by atoms with Crippen LogP contribution in [-0.2, 0) is 11.2 Å². The molecular weight excluding hydrogens is 226 g/mol. The first-order valence-electron chi connectivity index (χ1n) is 6.64. The fourth-order valence-corrected chi connectivity index (χ4v) is 2.52. The number of carbonyl (C=O) groups is 1. The molecule has 1 unspecified atom stereocenters. The van der Waals surface area contributed by atoms with E-state index >= 15 is 0 Å². The summed E-state index contributed by atoms with van der Waals surface area (Å²) in [5.74, 6) is 0.673. The maximum absolute atomic E-state index is 11.9. The van der Waals surface area contributed by atoms with E-state index in [2.05, 4.69) is 31.2 Å². The van der Waals surface area contributed by atoms with Crippen molar-refractivity contribution in [3.05, 3.63) is 35.9 Å². The van der Waals surface area contributed by atoms with Gasteiger partial charge in [0.2, 0.25) is 5.91 Å². The lowest BCUT2D eigenvalue weighted by atomic mass is 10.1. The van der Waals surface area contributed by atoms with Crippen molar-refractivity contribution in [3.8, 4) is 0 Å². The van der Waals surface area contributed by atoms with Gasteiger partial charge in [0.15, 0.2) is 0 Å². The van der Waals surface area contributed by atoms with E-state index in [1.54, 1.807) is 0 Å². The molecule has 0 saturated carbocycles. The third-order valence-corrected chi connectivity index (χ3v) is 3.64. The average molecular weight is 249 g/mol. The lowest BCUT2D eigenvalue weighted by molar-refractivity contribution is -0.131. The number of nitrogens with zero attached hydrogens (tertiary/aromatic N) is 1. The lowest BCUT2D eigenvalue weighted by Crippen LogP contribution is -2.28. The van der Waals surface area contributed by atoms with E-state index in [0.29, 0.717) is 11.8 Å². The predicted molar refractivity (Wildman–Crippen MR) is 73.4 cm³/mol. The summed E-state index contributed by atoms with van der Waals surface area (Å²) in [4.78, 5) is 13.9. The van der Waals surface area contributed by atoms with Crippen molar-refractivity contribution in [1.29, 1.82) is 0 Å². The van der Waals surface area contributed by atoms with E-state index in [1.165, 1.54) is 5.56 Å². The molecule has 1 aliphatic rings. The van der Waals surface area contributed by atoms with Crippen LogP contribution >= 0.6 is 0 Å². The molecule has 0 spiro atoms. The Morgan fingerprint density at radius 3 is 2.61 bits per heavy atom. The molecule has 1 atom stereocenters. The molecule has 1 aromatic rings. The van der Waals surface area contributed by atoms with Crippen LogP contribution in [0.2, 0.25) is 0 Å². The van der Waals surface area contributed by atoms with Crippen LogP contribution in [0.15, 0.2) is 30.3 Å². The summed E-state index contributed by atoms with van der Waals surface area (Å²) in [6, 6.07) is 10.5. The Bertz CT molecular complexity index is 364. The fraction of sp³-hybridized carbons (Fsp3) is 0.533. The zero-order valence-electron chi connectivity index (χ0n) is 11.1. The van der Waals surface area contributed by atoms with Crippen molar-refractivity contribution in [1.82, 2.24) is 4.90 Å². The minimum atomic E-state index is 0. The highest BCUT2D eigenvalue weighted by molar-refractivity contribution is 5.80. The first-order valence-corrected chi connectivity index (χ1v) is 6.64. The molecule has 1 fully saturated rings. The Kier molecular flexibility index (Phi) is 5.86. The van der Waals surface area contributed by atoms with Crippen molar-refractivity contribution in [2.75, 3.05) is 13.1 Å². The third kappa shape index (κ3) is 3.57. The molecule has 1 saturated heterocycles. The molecule has 0 radical (unpaired) electrons. The predicted octanol–water partition coefficient (Wildman–Crippen LogP) is 2.05. The number of amides is 1. The first-order chi connectivity index (χ1) is 8.31. The molecule has 3 nitrogen and oxygen atoms in total. The number of likely N-dealkylation sites (tertiary alicyclic amines) is 1. The highest BCUT2D eigenvalue weighted by Gasteiger charge is 2.29. The van der Waals surface area contributed by atoms with Crippen LogP contribution in [0.25, 0.3) is 0 Å². The van der Waals surface area contributed by atoms with E-state index < -0.39 is 0 Å². The van der Waals surface area contributed by atoms with Gasteiger partial charge in [-0.15, -0.1) is 0 Å². The number of aryl methyl sites for hydroxylation is 1. The maximum atomic E-state index is 11.9. The molecule has 2 rings (SSSR count). The molecule has 0 aromatic heterocycles. The minimum absolute atomic E-state index is 0. The molecule has 0 bridgehead atoms. The van der Waals surface area contributed by atoms with Gasteiger partial charge in [0.05, 0.1) is 0 Å². The van der Waals surface area contributed by atoms with Crippen molar-refractivity contribution >= 4 is 5.91 Å². The summed E-state index contributed by atoms with van der Waals surface area (Å²) in [6.45, 7) is 3.99. The summed E-state index contributed by atoms with van der Waals surface area (Å²) in [5, 5.41) is 0. The van der Waals surface area contributed by atoms with Crippen LogP contribution in [-0.4, -0.2) is 29.4 Å². The number of rotatable bonds is 5. The monoisotopic (exact) mass is 249 g/mol. The molecule has 0 aliphatic carbocycles. The number of carbonyl (C=O) groups excluding carboxylic acids is 1. The van der Waals surface area contributed by atoms with E-state index in [1.807, 2.05) is 11.0 Å². The van der Waals surface area contributed by atoms with Crippen LogP contribution < -0.4 is 0 Å². The zero-order chi connectivity index (χ0) is 12.1. The second-order valence-electron chi connectivity index (χ2n) is 4.81. The normalized spacial score (nSPS) is 18.8. The highest BCUT2D eigenvalue weighted by Crippen LogP contribution is 2.21. The Hall–Kier alpha value is -1.35. The maximum Gasteiger partial charge on any atom is 0.225 e. The molecule has 100 valence electrons. The summed E-state index contributed by atoms with van der Waals surface area (Å²) in [6.07, 6.45) is 4.20. The smallest absolute Gasteiger partial charge is 0.225 e.